The quantitative estimate of drug-likeness (QED) is 0.484. The van der Waals surface area contributed by atoms with Crippen molar-refractivity contribution in [2.75, 3.05) is 6.26 Å². The molecule has 0 aliphatic rings. The van der Waals surface area contributed by atoms with Gasteiger partial charge in [-0.1, -0.05) is 34.7 Å². The molecule has 2 nitrogen and oxygen atoms in total. The molecule has 3 heteroatoms. The molecule has 0 heterocycles. The average molecular weight is 167 g/mol. The van der Waals surface area contributed by atoms with Crippen molar-refractivity contribution in [1.82, 2.24) is 0 Å². The van der Waals surface area contributed by atoms with Gasteiger partial charge in [-0.05, 0) is 5.56 Å². The van der Waals surface area contributed by atoms with Crippen LogP contribution in [0.15, 0.2) is 34.7 Å². The fourth-order valence-corrected chi connectivity index (χ4v) is 0.944. The molecule has 0 aromatic heterocycles. The molecule has 0 radical (unpaired) electrons. The summed E-state index contributed by atoms with van der Waals surface area (Å²) < 4.78 is 14.3. The molecule has 0 amide bonds. The number of rotatable bonds is 2. The zero-order valence-corrected chi connectivity index (χ0v) is 7.04. The van der Waals surface area contributed by atoms with Crippen LogP contribution in [-0.4, -0.2) is 17.0 Å². The van der Waals surface area contributed by atoms with E-state index in [4.69, 9.17) is 0 Å². The van der Waals surface area contributed by atoms with Gasteiger partial charge in [-0.25, -0.2) is 0 Å². The highest BCUT2D eigenvalue weighted by molar-refractivity contribution is 7.89. The monoisotopic (exact) mass is 167 g/mol. The maximum Gasteiger partial charge on any atom is 0.123 e. The van der Waals surface area contributed by atoms with Crippen molar-refractivity contribution in [2.45, 2.75) is 0 Å². The first-order chi connectivity index (χ1) is 5.29. The largest absolute Gasteiger partial charge is 0.592 e. The molecule has 11 heavy (non-hydrogen) atoms. The van der Waals surface area contributed by atoms with Gasteiger partial charge in [0.05, 0.1) is 17.6 Å². The summed E-state index contributed by atoms with van der Waals surface area (Å²) in [5, 5.41) is 0. The maximum absolute atomic E-state index is 10.5. The summed E-state index contributed by atoms with van der Waals surface area (Å²) >= 11 is -1.10. The fraction of sp³-hybridized carbons (Fsp3) is 0.125. The minimum Gasteiger partial charge on any atom is -0.592 e. The molecule has 0 N–H and O–H groups in total. The summed E-state index contributed by atoms with van der Waals surface area (Å²) in [6.07, 6.45) is 3.15. The molecule has 0 fully saturated rings. The Bertz CT molecular complexity index is 233. The zero-order valence-electron chi connectivity index (χ0n) is 6.23. The highest BCUT2D eigenvalue weighted by Crippen LogP contribution is 1.95. The lowest BCUT2D eigenvalue weighted by Gasteiger charge is -1.92. The molecule has 0 spiro atoms. The molecule has 0 aliphatic heterocycles. The Morgan fingerprint density at radius 1 is 1.36 bits per heavy atom. The van der Waals surface area contributed by atoms with E-state index in [1.54, 1.807) is 12.5 Å². The van der Waals surface area contributed by atoms with Gasteiger partial charge in [0.2, 0.25) is 0 Å². The van der Waals surface area contributed by atoms with Gasteiger partial charge in [-0.3, -0.25) is 0 Å². The van der Waals surface area contributed by atoms with Gasteiger partial charge < -0.3 is 4.55 Å². The minimum absolute atomic E-state index is 0.975. The van der Waals surface area contributed by atoms with Crippen LogP contribution in [0.2, 0.25) is 0 Å². The van der Waals surface area contributed by atoms with Crippen LogP contribution >= 0.6 is 0 Å². The predicted molar refractivity (Wildman–Crippen MR) is 48.1 cm³/mol. The Labute approximate surface area is 69.3 Å². The maximum atomic E-state index is 10.5. The van der Waals surface area contributed by atoms with Crippen LogP contribution in [-0.2, 0) is 11.4 Å². The third kappa shape index (κ3) is 3.20. The Morgan fingerprint density at radius 2 is 2.00 bits per heavy atom. The van der Waals surface area contributed by atoms with Crippen molar-refractivity contribution in [3.63, 3.8) is 0 Å². The highest BCUT2D eigenvalue weighted by atomic mass is 32.2. The molecule has 1 aromatic carbocycles. The highest BCUT2D eigenvalue weighted by Gasteiger charge is 1.88. The number of benzene rings is 1. The molecule has 0 unspecified atom stereocenters. The van der Waals surface area contributed by atoms with E-state index in [-0.39, 0.29) is 0 Å². The lowest BCUT2D eigenvalue weighted by Crippen LogP contribution is -1.91. The van der Waals surface area contributed by atoms with Crippen LogP contribution in [0, 0.1) is 0 Å². The summed E-state index contributed by atoms with van der Waals surface area (Å²) in [7, 11) is 0. The van der Waals surface area contributed by atoms with Crippen LogP contribution in [0.25, 0.3) is 0 Å². The van der Waals surface area contributed by atoms with Crippen molar-refractivity contribution in [1.29, 1.82) is 0 Å². The van der Waals surface area contributed by atoms with Crippen LogP contribution in [0.1, 0.15) is 5.56 Å². The first-order valence-electron chi connectivity index (χ1n) is 3.22. The topological polar surface area (TPSA) is 35.4 Å². The van der Waals surface area contributed by atoms with E-state index in [1.807, 2.05) is 30.3 Å². The molecule has 1 aromatic rings. The van der Waals surface area contributed by atoms with Crippen molar-refractivity contribution >= 4 is 17.6 Å². The van der Waals surface area contributed by atoms with E-state index >= 15 is 0 Å². The Balaban J connectivity index is 2.65. The minimum atomic E-state index is -1.10. The van der Waals surface area contributed by atoms with Crippen molar-refractivity contribution in [3.05, 3.63) is 35.9 Å². The molecule has 0 aliphatic carbocycles. The van der Waals surface area contributed by atoms with E-state index in [1.165, 1.54) is 0 Å². The smallest absolute Gasteiger partial charge is 0.123 e. The molecular formula is C8H9NOS. The summed E-state index contributed by atoms with van der Waals surface area (Å²) in [5.74, 6) is 0. The van der Waals surface area contributed by atoms with Gasteiger partial charge >= 0.3 is 0 Å². The van der Waals surface area contributed by atoms with Gasteiger partial charge in [-0.2, -0.15) is 0 Å². The third-order valence-electron chi connectivity index (χ3n) is 1.15. The number of nitrogens with zero attached hydrogens (tertiary/aromatic N) is 1. The summed E-state index contributed by atoms with van der Waals surface area (Å²) in [6, 6.07) is 9.59. The van der Waals surface area contributed by atoms with Gasteiger partial charge in [0, 0.05) is 0 Å². The normalized spacial score (nSPS) is 13.6. The van der Waals surface area contributed by atoms with E-state index < -0.39 is 11.4 Å². The summed E-state index contributed by atoms with van der Waals surface area (Å²) in [4.78, 5) is 0. The Hall–Kier alpha value is -0.800. The molecular weight excluding hydrogens is 158 g/mol. The number of hydrogen-bond acceptors (Lipinski definition) is 2. The van der Waals surface area contributed by atoms with Crippen molar-refractivity contribution < 1.29 is 4.55 Å². The van der Waals surface area contributed by atoms with E-state index in [2.05, 4.69) is 4.40 Å². The van der Waals surface area contributed by atoms with Crippen LogP contribution in [0.4, 0.5) is 0 Å². The molecule has 1 atom stereocenters. The second-order valence-electron chi connectivity index (χ2n) is 2.07. The van der Waals surface area contributed by atoms with E-state index in [0.29, 0.717) is 0 Å². The van der Waals surface area contributed by atoms with Crippen molar-refractivity contribution in [3.8, 4) is 0 Å². The molecule has 0 saturated heterocycles. The summed E-state index contributed by atoms with van der Waals surface area (Å²) in [6.45, 7) is 0. The van der Waals surface area contributed by atoms with Crippen LogP contribution < -0.4 is 0 Å². The second kappa shape index (κ2) is 4.16. The molecule has 1 rings (SSSR count). The van der Waals surface area contributed by atoms with Gasteiger partial charge in [-0.15, -0.1) is 0 Å². The lowest BCUT2D eigenvalue weighted by atomic mass is 10.2. The fourth-order valence-electron chi connectivity index (χ4n) is 0.674. The van der Waals surface area contributed by atoms with Gasteiger partial charge in [0.1, 0.15) is 6.26 Å². The SMILES string of the molecule is C[S@@+]([O-])/N=C\c1ccccc1. The standard InChI is InChI=1S/C8H9NOS/c1-11(10)9-7-8-5-3-2-4-6-8/h2-7H,1H3/b9-7-/t11-/m1/s1. The Morgan fingerprint density at radius 3 is 2.55 bits per heavy atom. The van der Waals surface area contributed by atoms with E-state index in [9.17, 15) is 4.55 Å². The third-order valence-corrected chi connectivity index (χ3v) is 1.55. The van der Waals surface area contributed by atoms with E-state index in [0.717, 1.165) is 5.56 Å². The molecule has 0 bridgehead atoms. The van der Waals surface area contributed by atoms with Crippen LogP contribution in [0.5, 0.6) is 0 Å². The molecule has 0 saturated carbocycles. The number of hydrogen-bond donors (Lipinski definition) is 0. The first kappa shape index (κ1) is 8.30. The molecule has 58 valence electrons. The predicted octanol–water partition coefficient (Wildman–Crippen LogP) is 1.40. The van der Waals surface area contributed by atoms with Gasteiger partial charge in [0.15, 0.2) is 0 Å². The Kier molecular flexibility index (Phi) is 3.14. The lowest BCUT2D eigenvalue weighted by molar-refractivity contribution is 0.603. The second-order valence-corrected chi connectivity index (χ2v) is 3.13. The average Bonchev–Trinajstić information content (AvgIpc) is 2.03. The van der Waals surface area contributed by atoms with Gasteiger partial charge in [0.25, 0.3) is 0 Å². The van der Waals surface area contributed by atoms with Crippen molar-refractivity contribution in [2.24, 2.45) is 4.40 Å². The zero-order chi connectivity index (χ0) is 8.10. The first-order valence-corrected chi connectivity index (χ1v) is 4.73. The summed E-state index contributed by atoms with van der Waals surface area (Å²) in [5.41, 5.74) is 0.975. The van der Waals surface area contributed by atoms with Crippen LogP contribution in [0.3, 0.4) is 0 Å².